The van der Waals surface area contributed by atoms with Gasteiger partial charge in [-0.3, -0.25) is 4.90 Å². The number of rotatable bonds is 5. The molecule has 2 N–H and O–H groups in total. The smallest absolute Gasteiger partial charge is 0.410 e. The molecule has 1 fully saturated rings. The van der Waals surface area contributed by atoms with Crippen molar-refractivity contribution >= 4 is 6.09 Å². The van der Waals surface area contributed by atoms with Crippen LogP contribution in [0.2, 0.25) is 0 Å². The van der Waals surface area contributed by atoms with E-state index >= 15 is 0 Å². The summed E-state index contributed by atoms with van der Waals surface area (Å²) in [5, 5.41) is 0. The molecule has 0 aromatic heterocycles. The van der Waals surface area contributed by atoms with Crippen LogP contribution in [-0.4, -0.2) is 29.2 Å². The van der Waals surface area contributed by atoms with Crippen molar-refractivity contribution < 1.29 is 13.9 Å². The van der Waals surface area contributed by atoms with Gasteiger partial charge in [-0.05, 0) is 55.4 Å². The summed E-state index contributed by atoms with van der Waals surface area (Å²) in [6.45, 7) is 4.83. The highest BCUT2D eigenvalue weighted by atomic mass is 19.1. The number of allylic oxidation sites excluding steroid dienone is 1. The van der Waals surface area contributed by atoms with Gasteiger partial charge in [0.1, 0.15) is 11.9 Å². The lowest BCUT2D eigenvalue weighted by Gasteiger charge is -2.44. The molecule has 3 aliphatic rings. The molecule has 1 amide bonds. The van der Waals surface area contributed by atoms with E-state index in [0.29, 0.717) is 25.3 Å². The molecule has 1 aromatic rings. The van der Waals surface area contributed by atoms with Gasteiger partial charge in [-0.2, -0.15) is 0 Å². The monoisotopic (exact) mass is 412 g/mol. The van der Waals surface area contributed by atoms with E-state index in [-0.39, 0.29) is 29.6 Å². The van der Waals surface area contributed by atoms with Crippen LogP contribution in [0.15, 0.2) is 47.6 Å². The Kier molecular flexibility index (Phi) is 6.01. The Hall–Kier alpha value is -2.14. The van der Waals surface area contributed by atoms with Crippen molar-refractivity contribution in [2.24, 2.45) is 11.7 Å². The fourth-order valence-electron chi connectivity index (χ4n) is 5.08. The van der Waals surface area contributed by atoms with Crippen LogP contribution in [-0.2, 0) is 4.74 Å². The normalized spacial score (nSPS) is 30.7. The van der Waals surface area contributed by atoms with Gasteiger partial charge in [0.25, 0.3) is 0 Å². The second-order valence-electron chi connectivity index (χ2n) is 9.49. The van der Waals surface area contributed by atoms with Crippen LogP contribution in [0.1, 0.15) is 70.4 Å². The first kappa shape index (κ1) is 21.1. The van der Waals surface area contributed by atoms with Gasteiger partial charge < -0.3 is 10.5 Å². The van der Waals surface area contributed by atoms with E-state index in [1.54, 1.807) is 12.1 Å². The van der Waals surface area contributed by atoms with Crippen LogP contribution in [0.25, 0.3) is 0 Å². The molecule has 0 saturated heterocycles. The summed E-state index contributed by atoms with van der Waals surface area (Å²) < 4.78 is 19.3. The summed E-state index contributed by atoms with van der Waals surface area (Å²) in [6, 6.07) is 6.28. The number of carbonyl (C=O) groups is 1. The molecule has 0 bridgehead atoms. The summed E-state index contributed by atoms with van der Waals surface area (Å²) >= 11 is 0. The van der Waals surface area contributed by atoms with Crippen molar-refractivity contribution in [1.82, 2.24) is 4.90 Å². The van der Waals surface area contributed by atoms with Crippen molar-refractivity contribution in [3.8, 4) is 0 Å². The minimum absolute atomic E-state index is 0.114. The first-order valence-corrected chi connectivity index (χ1v) is 11.3. The zero-order valence-corrected chi connectivity index (χ0v) is 18.1. The number of carbonyl (C=O) groups excluding carboxylic acids is 1. The van der Waals surface area contributed by atoms with E-state index in [2.05, 4.69) is 19.1 Å². The number of hydrogen-bond donors (Lipinski definition) is 1. The van der Waals surface area contributed by atoms with Crippen molar-refractivity contribution in [3.63, 3.8) is 0 Å². The van der Waals surface area contributed by atoms with Gasteiger partial charge in [0, 0.05) is 24.9 Å². The first-order valence-electron chi connectivity index (χ1n) is 11.3. The molecule has 1 aromatic carbocycles. The largest absolute Gasteiger partial charge is 0.446 e. The molecule has 4 nitrogen and oxygen atoms in total. The fraction of sp³-hybridized carbons (Fsp3) is 0.560. The summed E-state index contributed by atoms with van der Waals surface area (Å²) in [6.07, 6.45) is 11.1. The second-order valence-corrected chi connectivity index (χ2v) is 9.49. The number of benzene rings is 1. The highest BCUT2D eigenvalue weighted by molar-refractivity contribution is 5.70. The first-order chi connectivity index (χ1) is 14.4. The summed E-state index contributed by atoms with van der Waals surface area (Å²) in [7, 11) is 0. The number of nitrogens with two attached hydrogens (primary N) is 1. The van der Waals surface area contributed by atoms with Crippen LogP contribution in [0.5, 0.6) is 0 Å². The third kappa shape index (κ3) is 4.46. The van der Waals surface area contributed by atoms with E-state index in [9.17, 15) is 9.18 Å². The number of ether oxygens (including phenoxy) is 1. The predicted molar refractivity (Wildman–Crippen MR) is 116 cm³/mol. The number of unbranched alkanes of at least 4 members (excludes halogenated alkanes) is 1. The van der Waals surface area contributed by atoms with E-state index < -0.39 is 0 Å². The molecule has 1 saturated carbocycles. The van der Waals surface area contributed by atoms with Gasteiger partial charge in [0.15, 0.2) is 0 Å². The van der Waals surface area contributed by atoms with Crippen LogP contribution in [0, 0.1) is 11.7 Å². The Bertz CT molecular complexity index is 835. The van der Waals surface area contributed by atoms with E-state index in [1.165, 1.54) is 42.5 Å². The van der Waals surface area contributed by atoms with Crippen LogP contribution in [0.3, 0.4) is 0 Å². The molecule has 1 heterocycles. The minimum atomic E-state index is -0.294. The van der Waals surface area contributed by atoms with Gasteiger partial charge in [0.05, 0.1) is 6.04 Å². The maximum absolute atomic E-state index is 13.6. The second kappa shape index (κ2) is 8.54. The molecular weight excluding hydrogens is 379 g/mol. The number of hydrogen-bond acceptors (Lipinski definition) is 3. The maximum Gasteiger partial charge on any atom is 0.410 e. The van der Waals surface area contributed by atoms with Gasteiger partial charge >= 0.3 is 6.09 Å². The van der Waals surface area contributed by atoms with Crippen LogP contribution in [0.4, 0.5) is 9.18 Å². The molecule has 1 unspecified atom stereocenters. The standard InChI is InChI=1S/C25H33FN2O2/c1-3-4-5-17-6-11-22-19(14-17)12-13-28(23(22)18-7-9-20(26)10-8-18)24(29)30-21-15-25(2,27)16-21/h6-11,17,21,23H,3-5,12-16,27H2,1-2H3/t17?,21?,23-,25?/m0/s1. The molecular formula is C25H33FN2O2. The van der Waals surface area contributed by atoms with E-state index in [1.807, 2.05) is 11.8 Å². The molecule has 1 aliphatic heterocycles. The number of amides is 1. The molecule has 162 valence electrons. The zero-order chi connectivity index (χ0) is 21.3. The topological polar surface area (TPSA) is 55.6 Å². The Morgan fingerprint density at radius 1 is 1.30 bits per heavy atom. The average Bonchev–Trinajstić information content (AvgIpc) is 2.70. The molecule has 0 radical (unpaired) electrons. The average molecular weight is 413 g/mol. The summed E-state index contributed by atoms with van der Waals surface area (Å²) in [5.41, 5.74) is 9.37. The summed E-state index contributed by atoms with van der Waals surface area (Å²) in [5.74, 6) is 0.307. The Morgan fingerprint density at radius 2 is 2.03 bits per heavy atom. The van der Waals surface area contributed by atoms with Crippen molar-refractivity contribution in [2.75, 3.05) is 6.54 Å². The van der Waals surface area contributed by atoms with Crippen LogP contribution < -0.4 is 5.73 Å². The lowest BCUT2D eigenvalue weighted by molar-refractivity contribution is -0.0124. The zero-order valence-electron chi connectivity index (χ0n) is 18.1. The highest BCUT2D eigenvalue weighted by Gasteiger charge is 2.42. The van der Waals surface area contributed by atoms with Gasteiger partial charge in [-0.1, -0.05) is 49.6 Å². The third-order valence-electron chi connectivity index (χ3n) is 6.73. The third-order valence-corrected chi connectivity index (χ3v) is 6.73. The molecule has 2 atom stereocenters. The lowest BCUT2D eigenvalue weighted by Crippen LogP contribution is -2.54. The van der Waals surface area contributed by atoms with Crippen molar-refractivity contribution in [2.45, 2.75) is 76.5 Å². The number of nitrogens with zero attached hydrogens (tertiary/aromatic N) is 1. The van der Waals surface area contributed by atoms with Crippen molar-refractivity contribution in [1.29, 1.82) is 0 Å². The Balaban J connectivity index is 1.57. The van der Waals surface area contributed by atoms with E-state index in [0.717, 1.165) is 18.4 Å². The predicted octanol–water partition coefficient (Wildman–Crippen LogP) is 5.65. The SMILES string of the molecule is CCCCC1C=CC2=C(CCN(C(=O)OC3CC(C)(N)C3)[C@H]2c2ccc(F)cc2)C1. The minimum Gasteiger partial charge on any atom is -0.446 e. The van der Waals surface area contributed by atoms with Gasteiger partial charge in [0.2, 0.25) is 0 Å². The lowest BCUT2D eigenvalue weighted by atomic mass is 9.77. The molecule has 0 spiro atoms. The molecule has 30 heavy (non-hydrogen) atoms. The van der Waals surface area contributed by atoms with Gasteiger partial charge in [-0.15, -0.1) is 0 Å². The molecule has 4 rings (SSSR count). The molecule has 5 heteroatoms. The van der Waals surface area contributed by atoms with Crippen molar-refractivity contribution in [3.05, 3.63) is 58.9 Å². The quantitative estimate of drug-likeness (QED) is 0.680. The maximum atomic E-state index is 13.6. The fourth-order valence-corrected chi connectivity index (χ4v) is 5.08. The molecule has 2 aliphatic carbocycles. The van der Waals surface area contributed by atoms with E-state index in [4.69, 9.17) is 10.5 Å². The Labute approximate surface area is 179 Å². The van der Waals surface area contributed by atoms with Crippen LogP contribution >= 0.6 is 0 Å². The summed E-state index contributed by atoms with van der Waals surface area (Å²) in [4.78, 5) is 14.9. The highest BCUT2D eigenvalue weighted by Crippen LogP contribution is 2.43. The number of halogens is 1. The van der Waals surface area contributed by atoms with Gasteiger partial charge in [-0.25, -0.2) is 9.18 Å². The Morgan fingerprint density at radius 3 is 2.70 bits per heavy atom.